The molecule has 0 aliphatic heterocycles. The molecule has 0 radical (unpaired) electrons. The highest BCUT2D eigenvalue weighted by Gasteiger charge is 2.15. The molecule has 7 heteroatoms. The predicted molar refractivity (Wildman–Crippen MR) is 93.4 cm³/mol. The molecule has 1 heterocycles. The number of aromatic nitrogens is 2. The van der Waals surface area contributed by atoms with Crippen LogP contribution in [0.5, 0.6) is 0 Å². The summed E-state index contributed by atoms with van der Waals surface area (Å²) in [5.74, 6) is 0.454. The van der Waals surface area contributed by atoms with Crippen LogP contribution in [0.15, 0.2) is 60.8 Å². The van der Waals surface area contributed by atoms with E-state index in [1.165, 1.54) is 6.20 Å². The van der Waals surface area contributed by atoms with Crippen LogP contribution in [0.4, 0.5) is 23.1 Å². The van der Waals surface area contributed by atoms with Crippen molar-refractivity contribution in [3.63, 3.8) is 0 Å². The van der Waals surface area contributed by atoms with Gasteiger partial charge in [0.25, 0.3) is 0 Å². The van der Waals surface area contributed by atoms with E-state index in [0.717, 1.165) is 16.8 Å². The van der Waals surface area contributed by atoms with E-state index in [1.807, 2.05) is 54.6 Å². The first kappa shape index (κ1) is 15.4. The molecular formula is C17H15N5O2. The van der Waals surface area contributed by atoms with Crippen LogP contribution in [-0.2, 0) is 0 Å². The third-order valence-corrected chi connectivity index (χ3v) is 3.45. The Morgan fingerprint density at radius 2 is 1.67 bits per heavy atom. The summed E-state index contributed by atoms with van der Waals surface area (Å²) in [4.78, 5) is 18.5. The number of hydrogen-bond acceptors (Lipinski definition) is 6. The Balaban J connectivity index is 1.80. The molecular weight excluding hydrogens is 306 g/mol. The van der Waals surface area contributed by atoms with Crippen molar-refractivity contribution < 1.29 is 4.92 Å². The van der Waals surface area contributed by atoms with Crippen LogP contribution in [0, 0.1) is 10.1 Å². The van der Waals surface area contributed by atoms with E-state index in [1.54, 1.807) is 7.05 Å². The smallest absolute Gasteiger partial charge is 0.329 e. The summed E-state index contributed by atoms with van der Waals surface area (Å²) in [6, 6.07) is 17.8. The second kappa shape index (κ2) is 6.74. The quantitative estimate of drug-likeness (QED) is 0.548. The monoisotopic (exact) mass is 321 g/mol. The molecule has 3 aromatic rings. The topological polar surface area (TPSA) is 93.0 Å². The van der Waals surface area contributed by atoms with E-state index >= 15 is 0 Å². The summed E-state index contributed by atoms with van der Waals surface area (Å²) >= 11 is 0. The summed E-state index contributed by atoms with van der Waals surface area (Å²) in [6.45, 7) is 0. The zero-order valence-electron chi connectivity index (χ0n) is 12.9. The number of hydrogen-bond donors (Lipinski definition) is 2. The van der Waals surface area contributed by atoms with Gasteiger partial charge in [-0.15, -0.1) is 0 Å². The molecule has 24 heavy (non-hydrogen) atoms. The van der Waals surface area contributed by atoms with Crippen molar-refractivity contribution in [2.75, 3.05) is 17.7 Å². The second-order valence-corrected chi connectivity index (χ2v) is 5.00. The summed E-state index contributed by atoms with van der Waals surface area (Å²) in [7, 11) is 1.58. The molecule has 120 valence electrons. The lowest BCUT2D eigenvalue weighted by molar-refractivity contribution is -0.384. The molecule has 0 unspecified atom stereocenters. The van der Waals surface area contributed by atoms with Gasteiger partial charge >= 0.3 is 5.69 Å². The molecule has 0 aliphatic carbocycles. The average Bonchev–Trinajstić information content (AvgIpc) is 2.63. The van der Waals surface area contributed by atoms with Gasteiger partial charge in [0.2, 0.25) is 11.8 Å². The SMILES string of the molecule is CNc1nc(Nc2ccc(-c3ccccc3)cc2)ncc1[N+](=O)[O-]. The Hall–Kier alpha value is -3.48. The number of nitro groups is 1. The molecule has 0 fully saturated rings. The molecule has 7 nitrogen and oxygen atoms in total. The molecule has 2 N–H and O–H groups in total. The normalized spacial score (nSPS) is 10.2. The highest BCUT2D eigenvalue weighted by atomic mass is 16.6. The molecule has 0 saturated carbocycles. The van der Waals surface area contributed by atoms with E-state index in [4.69, 9.17) is 0 Å². The van der Waals surface area contributed by atoms with Crippen LogP contribution in [-0.4, -0.2) is 21.9 Å². The molecule has 0 spiro atoms. The molecule has 2 aromatic carbocycles. The summed E-state index contributed by atoms with van der Waals surface area (Å²) in [5, 5.41) is 16.6. The maximum atomic E-state index is 10.9. The predicted octanol–water partition coefficient (Wildman–Crippen LogP) is 3.84. The van der Waals surface area contributed by atoms with Crippen molar-refractivity contribution in [1.29, 1.82) is 0 Å². The Bertz CT molecular complexity index is 851. The lowest BCUT2D eigenvalue weighted by Gasteiger charge is -2.08. The lowest BCUT2D eigenvalue weighted by Crippen LogP contribution is -2.04. The minimum atomic E-state index is -0.524. The van der Waals surface area contributed by atoms with Gasteiger partial charge in [-0.2, -0.15) is 4.98 Å². The van der Waals surface area contributed by atoms with E-state index in [2.05, 4.69) is 20.6 Å². The van der Waals surface area contributed by atoms with Gasteiger partial charge < -0.3 is 10.6 Å². The number of nitrogens with one attached hydrogen (secondary N) is 2. The molecule has 0 bridgehead atoms. The largest absolute Gasteiger partial charge is 0.367 e. The van der Waals surface area contributed by atoms with Crippen molar-refractivity contribution in [3.8, 4) is 11.1 Å². The number of rotatable bonds is 5. The van der Waals surface area contributed by atoms with Crippen molar-refractivity contribution >= 4 is 23.1 Å². The molecule has 0 aliphatic rings. The number of benzene rings is 2. The maximum Gasteiger partial charge on any atom is 0.329 e. The first-order chi connectivity index (χ1) is 11.7. The Morgan fingerprint density at radius 3 is 2.29 bits per heavy atom. The van der Waals surface area contributed by atoms with Gasteiger partial charge in [-0.1, -0.05) is 42.5 Å². The second-order valence-electron chi connectivity index (χ2n) is 5.00. The maximum absolute atomic E-state index is 10.9. The lowest BCUT2D eigenvalue weighted by atomic mass is 10.1. The van der Waals surface area contributed by atoms with E-state index in [9.17, 15) is 10.1 Å². The zero-order chi connectivity index (χ0) is 16.9. The summed E-state index contributed by atoms with van der Waals surface area (Å²) in [5.41, 5.74) is 2.86. The highest BCUT2D eigenvalue weighted by molar-refractivity contribution is 5.67. The molecule has 0 amide bonds. The Labute approximate surface area is 138 Å². The first-order valence-corrected chi connectivity index (χ1v) is 7.29. The fraction of sp³-hybridized carbons (Fsp3) is 0.0588. The summed E-state index contributed by atoms with van der Waals surface area (Å²) < 4.78 is 0. The molecule has 1 aromatic heterocycles. The van der Waals surface area contributed by atoms with Crippen LogP contribution in [0.1, 0.15) is 0 Å². The fourth-order valence-corrected chi connectivity index (χ4v) is 2.26. The van der Waals surface area contributed by atoms with Gasteiger partial charge in [0.15, 0.2) is 0 Å². The van der Waals surface area contributed by atoms with Crippen molar-refractivity contribution in [2.24, 2.45) is 0 Å². The van der Waals surface area contributed by atoms with E-state index < -0.39 is 4.92 Å². The third-order valence-electron chi connectivity index (χ3n) is 3.45. The Morgan fingerprint density at radius 1 is 1.00 bits per heavy atom. The van der Waals surface area contributed by atoms with Gasteiger partial charge in [0.05, 0.1) is 4.92 Å². The standard InChI is InChI=1S/C17H15N5O2/c1-18-16-15(22(23)24)11-19-17(21-16)20-14-9-7-13(8-10-14)12-5-3-2-4-6-12/h2-11H,1H3,(H2,18,19,20,21). The Kier molecular flexibility index (Phi) is 4.33. The minimum Gasteiger partial charge on any atom is -0.367 e. The molecule has 0 atom stereocenters. The van der Waals surface area contributed by atoms with Crippen molar-refractivity contribution in [1.82, 2.24) is 9.97 Å². The number of nitrogens with zero attached hydrogens (tertiary/aromatic N) is 3. The fourth-order valence-electron chi connectivity index (χ4n) is 2.26. The van der Waals surface area contributed by atoms with Crippen LogP contribution < -0.4 is 10.6 Å². The van der Waals surface area contributed by atoms with E-state index in [0.29, 0.717) is 0 Å². The van der Waals surface area contributed by atoms with Gasteiger partial charge in [-0.25, -0.2) is 4.98 Å². The average molecular weight is 321 g/mol. The van der Waals surface area contributed by atoms with Crippen molar-refractivity contribution in [3.05, 3.63) is 70.9 Å². The van der Waals surface area contributed by atoms with Crippen LogP contribution in [0.2, 0.25) is 0 Å². The van der Waals surface area contributed by atoms with Gasteiger partial charge in [-0.05, 0) is 23.3 Å². The minimum absolute atomic E-state index is 0.164. The molecule has 0 saturated heterocycles. The highest BCUT2D eigenvalue weighted by Crippen LogP contribution is 2.25. The zero-order valence-corrected chi connectivity index (χ0v) is 12.9. The van der Waals surface area contributed by atoms with Crippen molar-refractivity contribution in [2.45, 2.75) is 0 Å². The molecule has 3 rings (SSSR count). The third kappa shape index (κ3) is 3.30. The van der Waals surface area contributed by atoms with Crippen LogP contribution >= 0.6 is 0 Å². The van der Waals surface area contributed by atoms with Crippen LogP contribution in [0.3, 0.4) is 0 Å². The van der Waals surface area contributed by atoms with Crippen LogP contribution in [0.25, 0.3) is 11.1 Å². The van der Waals surface area contributed by atoms with Gasteiger partial charge in [0.1, 0.15) is 6.20 Å². The van der Waals surface area contributed by atoms with E-state index in [-0.39, 0.29) is 17.5 Å². The first-order valence-electron chi connectivity index (χ1n) is 7.29. The summed E-state index contributed by atoms with van der Waals surface area (Å²) in [6.07, 6.45) is 1.18. The number of anilines is 3. The van der Waals surface area contributed by atoms with Gasteiger partial charge in [-0.3, -0.25) is 10.1 Å². The van der Waals surface area contributed by atoms with Gasteiger partial charge in [0, 0.05) is 12.7 Å².